The molecule has 13 heavy (non-hydrogen) atoms. The molecule has 1 aliphatic rings. The van der Waals surface area contributed by atoms with Gasteiger partial charge in [0.25, 0.3) is 0 Å². The first kappa shape index (κ1) is 11.1. The standard InChI is InChI=1S/C13H26/c1-5-6-7-11(2)10-12(3)13(4)8-9-13/h11-12H,5-10H2,1-4H3. The van der Waals surface area contributed by atoms with Gasteiger partial charge in [0.2, 0.25) is 0 Å². The third kappa shape index (κ3) is 3.32. The van der Waals surface area contributed by atoms with Gasteiger partial charge in [-0.05, 0) is 36.5 Å². The summed E-state index contributed by atoms with van der Waals surface area (Å²) in [6.45, 7) is 9.63. The summed E-state index contributed by atoms with van der Waals surface area (Å²) in [5, 5.41) is 0. The van der Waals surface area contributed by atoms with Gasteiger partial charge >= 0.3 is 0 Å². The summed E-state index contributed by atoms with van der Waals surface area (Å²) in [7, 11) is 0. The van der Waals surface area contributed by atoms with Gasteiger partial charge in [-0.25, -0.2) is 0 Å². The maximum Gasteiger partial charge on any atom is -0.0300 e. The van der Waals surface area contributed by atoms with Gasteiger partial charge < -0.3 is 0 Å². The Morgan fingerprint density at radius 2 is 1.85 bits per heavy atom. The van der Waals surface area contributed by atoms with Gasteiger partial charge in [-0.3, -0.25) is 0 Å². The van der Waals surface area contributed by atoms with E-state index in [9.17, 15) is 0 Å². The third-order valence-corrected chi connectivity index (χ3v) is 4.03. The van der Waals surface area contributed by atoms with Gasteiger partial charge in [0, 0.05) is 0 Å². The molecule has 1 saturated carbocycles. The summed E-state index contributed by atoms with van der Waals surface area (Å²) in [6, 6.07) is 0. The molecule has 0 heterocycles. The highest BCUT2D eigenvalue weighted by molar-refractivity contribution is 4.92. The predicted molar refractivity (Wildman–Crippen MR) is 59.8 cm³/mol. The second-order valence-corrected chi connectivity index (χ2v) is 5.54. The van der Waals surface area contributed by atoms with E-state index in [0.717, 1.165) is 17.3 Å². The lowest BCUT2D eigenvalue weighted by Crippen LogP contribution is -2.12. The molecule has 0 aromatic rings. The van der Waals surface area contributed by atoms with E-state index >= 15 is 0 Å². The average molecular weight is 182 g/mol. The summed E-state index contributed by atoms with van der Waals surface area (Å²) in [6.07, 6.45) is 8.64. The van der Waals surface area contributed by atoms with Crippen molar-refractivity contribution in [2.45, 2.75) is 66.2 Å². The van der Waals surface area contributed by atoms with Gasteiger partial charge in [0.1, 0.15) is 0 Å². The molecule has 2 unspecified atom stereocenters. The minimum atomic E-state index is 0.737. The molecule has 0 N–H and O–H groups in total. The molecule has 0 aromatic heterocycles. The van der Waals surface area contributed by atoms with Crippen molar-refractivity contribution in [2.24, 2.45) is 17.3 Å². The van der Waals surface area contributed by atoms with Crippen LogP contribution in [0.5, 0.6) is 0 Å². The zero-order valence-electron chi connectivity index (χ0n) is 9.90. The second kappa shape index (κ2) is 4.48. The lowest BCUT2D eigenvalue weighted by molar-refractivity contribution is 0.284. The van der Waals surface area contributed by atoms with Crippen LogP contribution in [0.2, 0.25) is 0 Å². The van der Waals surface area contributed by atoms with Crippen LogP contribution >= 0.6 is 0 Å². The fraction of sp³-hybridized carbons (Fsp3) is 1.00. The number of rotatable bonds is 6. The maximum atomic E-state index is 2.46. The largest absolute Gasteiger partial charge is 0.0654 e. The molecule has 78 valence electrons. The van der Waals surface area contributed by atoms with Crippen molar-refractivity contribution in [1.29, 1.82) is 0 Å². The molecule has 0 aliphatic heterocycles. The highest BCUT2D eigenvalue weighted by Gasteiger charge is 2.42. The van der Waals surface area contributed by atoms with E-state index in [1.807, 2.05) is 0 Å². The molecule has 0 radical (unpaired) electrons. The van der Waals surface area contributed by atoms with Crippen LogP contribution in [0.25, 0.3) is 0 Å². The molecule has 0 heteroatoms. The van der Waals surface area contributed by atoms with Gasteiger partial charge in [-0.2, -0.15) is 0 Å². The Labute approximate surface area is 84.1 Å². The predicted octanol–water partition coefficient (Wildman–Crippen LogP) is 4.64. The molecule has 0 bridgehead atoms. The molecule has 2 atom stereocenters. The first-order valence-corrected chi connectivity index (χ1v) is 6.08. The van der Waals surface area contributed by atoms with Crippen LogP contribution in [0.3, 0.4) is 0 Å². The van der Waals surface area contributed by atoms with E-state index in [4.69, 9.17) is 0 Å². The van der Waals surface area contributed by atoms with Gasteiger partial charge in [-0.1, -0.05) is 47.0 Å². The van der Waals surface area contributed by atoms with Crippen LogP contribution in [-0.2, 0) is 0 Å². The Bertz CT molecular complexity index is 144. The van der Waals surface area contributed by atoms with E-state index in [-0.39, 0.29) is 0 Å². The summed E-state index contributed by atoms with van der Waals surface area (Å²) in [4.78, 5) is 0. The summed E-state index contributed by atoms with van der Waals surface area (Å²) in [5.74, 6) is 1.91. The molecule has 0 aromatic carbocycles. The Morgan fingerprint density at radius 1 is 1.23 bits per heavy atom. The van der Waals surface area contributed by atoms with E-state index in [1.54, 1.807) is 0 Å². The third-order valence-electron chi connectivity index (χ3n) is 4.03. The van der Waals surface area contributed by atoms with Crippen LogP contribution in [0.15, 0.2) is 0 Å². The fourth-order valence-electron chi connectivity index (χ4n) is 2.25. The molecule has 0 nitrogen and oxygen atoms in total. The summed E-state index contributed by atoms with van der Waals surface area (Å²) >= 11 is 0. The molecule has 0 spiro atoms. The van der Waals surface area contributed by atoms with Gasteiger partial charge in [-0.15, -0.1) is 0 Å². The average Bonchev–Trinajstić information content (AvgIpc) is 2.81. The molecular weight excluding hydrogens is 156 g/mol. The van der Waals surface area contributed by atoms with Crippen molar-refractivity contribution < 1.29 is 0 Å². The Morgan fingerprint density at radius 3 is 2.31 bits per heavy atom. The van der Waals surface area contributed by atoms with E-state index in [1.165, 1.54) is 38.5 Å². The lowest BCUT2D eigenvalue weighted by atomic mass is 9.83. The highest BCUT2D eigenvalue weighted by atomic mass is 14.5. The Kier molecular flexibility index (Phi) is 3.82. The Balaban J connectivity index is 2.15. The van der Waals surface area contributed by atoms with Crippen molar-refractivity contribution in [3.05, 3.63) is 0 Å². The maximum absolute atomic E-state index is 2.46. The first-order valence-electron chi connectivity index (χ1n) is 6.08. The van der Waals surface area contributed by atoms with Crippen molar-refractivity contribution in [3.8, 4) is 0 Å². The van der Waals surface area contributed by atoms with Crippen LogP contribution < -0.4 is 0 Å². The minimum absolute atomic E-state index is 0.737. The summed E-state index contributed by atoms with van der Waals surface area (Å²) in [5.41, 5.74) is 0.737. The van der Waals surface area contributed by atoms with Crippen molar-refractivity contribution >= 4 is 0 Å². The van der Waals surface area contributed by atoms with E-state index < -0.39 is 0 Å². The Hall–Kier alpha value is 0. The minimum Gasteiger partial charge on any atom is -0.0654 e. The normalized spacial score (nSPS) is 24.0. The fourth-order valence-corrected chi connectivity index (χ4v) is 2.25. The topological polar surface area (TPSA) is 0 Å². The number of hydrogen-bond donors (Lipinski definition) is 0. The van der Waals surface area contributed by atoms with Crippen LogP contribution in [-0.4, -0.2) is 0 Å². The zero-order valence-corrected chi connectivity index (χ0v) is 9.90. The molecule has 1 fully saturated rings. The SMILES string of the molecule is CCCCC(C)CC(C)C1(C)CC1. The summed E-state index contributed by atoms with van der Waals surface area (Å²) < 4.78 is 0. The van der Waals surface area contributed by atoms with E-state index in [0.29, 0.717) is 0 Å². The van der Waals surface area contributed by atoms with Crippen LogP contribution in [0, 0.1) is 17.3 Å². The molecular formula is C13H26. The van der Waals surface area contributed by atoms with Crippen LogP contribution in [0.4, 0.5) is 0 Å². The van der Waals surface area contributed by atoms with Gasteiger partial charge in [0.15, 0.2) is 0 Å². The monoisotopic (exact) mass is 182 g/mol. The van der Waals surface area contributed by atoms with Crippen molar-refractivity contribution in [1.82, 2.24) is 0 Å². The van der Waals surface area contributed by atoms with Crippen LogP contribution in [0.1, 0.15) is 66.2 Å². The van der Waals surface area contributed by atoms with Gasteiger partial charge in [0.05, 0.1) is 0 Å². The smallest absolute Gasteiger partial charge is 0.0300 e. The number of hydrogen-bond acceptors (Lipinski definition) is 0. The second-order valence-electron chi connectivity index (χ2n) is 5.54. The lowest BCUT2D eigenvalue weighted by Gasteiger charge is -2.22. The highest BCUT2D eigenvalue weighted by Crippen LogP contribution is 2.53. The zero-order chi connectivity index (χ0) is 9.90. The quantitative estimate of drug-likeness (QED) is 0.561. The molecule has 0 saturated heterocycles. The van der Waals surface area contributed by atoms with E-state index in [2.05, 4.69) is 27.7 Å². The number of unbranched alkanes of at least 4 members (excludes halogenated alkanes) is 1. The first-order chi connectivity index (χ1) is 6.08. The molecule has 1 rings (SSSR count). The van der Waals surface area contributed by atoms with Crippen molar-refractivity contribution in [2.75, 3.05) is 0 Å². The van der Waals surface area contributed by atoms with Crippen molar-refractivity contribution in [3.63, 3.8) is 0 Å². The molecule has 1 aliphatic carbocycles. The molecule has 0 amide bonds.